The van der Waals surface area contributed by atoms with Gasteiger partial charge in [-0.15, -0.1) is 0 Å². The molecule has 0 spiro atoms. The molecule has 0 bridgehead atoms. The summed E-state index contributed by atoms with van der Waals surface area (Å²) < 4.78 is 53.1. The van der Waals surface area contributed by atoms with E-state index in [0.717, 1.165) is 44.3 Å². The summed E-state index contributed by atoms with van der Waals surface area (Å²) >= 11 is 0. The average molecular weight is 1070 g/mol. The van der Waals surface area contributed by atoms with Gasteiger partial charge in [0, 0.05) is 19.8 Å². The molecule has 1 aromatic rings. The Labute approximate surface area is 468 Å². The molecule has 0 aromatic heterocycles. The second kappa shape index (κ2) is 52.4. The summed E-state index contributed by atoms with van der Waals surface area (Å²) in [5, 5.41) is 0. The lowest BCUT2D eigenvalue weighted by Crippen LogP contribution is -2.50. The highest BCUT2D eigenvalue weighted by atomic mass is 32.2. The predicted molar refractivity (Wildman–Crippen MR) is 325 cm³/mol. The van der Waals surface area contributed by atoms with Crippen LogP contribution in [0.4, 0.5) is 0 Å². The third kappa shape index (κ3) is 41.7. The molecule has 0 saturated heterocycles. The van der Waals surface area contributed by atoms with Gasteiger partial charge in [0.05, 0.1) is 23.7 Å². The number of unbranched alkanes of at least 4 members (excludes halogenated alkanes) is 45. The highest BCUT2D eigenvalue weighted by Gasteiger charge is 2.40. The van der Waals surface area contributed by atoms with E-state index >= 15 is 0 Å². The van der Waals surface area contributed by atoms with Crippen molar-refractivity contribution in [1.29, 1.82) is 0 Å². The Morgan fingerprint density at radius 1 is 0.347 bits per heavy atom. The zero-order valence-corrected chi connectivity index (χ0v) is 51.5. The Balaban J connectivity index is 1.87. The summed E-state index contributed by atoms with van der Waals surface area (Å²) in [5.41, 5.74) is 1.03. The first-order valence-electron chi connectivity index (χ1n) is 33.7. The maximum absolute atomic E-state index is 13.4. The molecule has 0 radical (unpaired) electrons. The van der Waals surface area contributed by atoms with E-state index in [2.05, 4.69) is 20.8 Å². The topological polar surface area (TPSA) is 71.1 Å². The molecule has 75 heavy (non-hydrogen) atoms. The van der Waals surface area contributed by atoms with Crippen LogP contribution in [0.1, 0.15) is 347 Å². The van der Waals surface area contributed by atoms with Crippen molar-refractivity contribution < 1.29 is 26.8 Å². The van der Waals surface area contributed by atoms with Crippen molar-refractivity contribution in [3.63, 3.8) is 0 Å². The minimum atomic E-state index is -3.87. The smallest absolute Gasteiger partial charge is 0.296 e. The molecule has 2 atom stereocenters. The molecule has 1 aliphatic carbocycles. The summed E-state index contributed by atoms with van der Waals surface area (Å²) in [6, 6.07) is 6.98. The highest BCUT2D eigenvalue weighted by Crippen LogP contribution is 2.33. The van der Waals surface area contributed by atoms with Gasteiger partial charge in [0.25, 0.3) is 10.1 Å². The number of rotatable bonds is 58. The van der Waals surface area contributed by atoms with Crippen LogP contribution in [-0.4, -0.2) is 53.2 Å². The average Bonchev–Trinajstić information content (AvgIpc) is 3.41. The zero-order valence-electron chi connectivity index (χ0n) is 50.7. The molecular weight excluding hydrogens is 945 g/mol. The molecule has 6 nitrogen and oxygen atoms in total. The summed E-state index contributed by atoms with van der Waals surface area (Å²) in [4.78, 5) is 0.219. The lowest BCUT2D eigenvalue weighted by Gasteiger charge is -2.41. The standard InChI is InChI=1S/C68H128O6S/c1-5-8-11-14-17-20-23-26-29-32-35-38-41-44-47-50-57-71-66-60-64(62-74-75(69,70)65-55-53-63(4)54-56-65)61-67(72-58-51-48-45-42-39-36-33-30-27-24-21-18-15-12-9-6-2)68(66)73-59-52-49-46-43-40-37-34-31-28-25-22-19-16-13-10-7-3/h53-56,64,66-68H,5-52,57-62H2,1-4H3. The Kier molecular flexibility index (Phi) is 49.0. The normalized spacial score (nSPS) is 17.1. The molecular formula is C68H128O6S. The molecule has 1 saturated carbocycles. The van der Waals surface area contributed by atoms with Crippen LogP contribution in [0.3, 0.4) is 0 Å². The van der Waals surface area contributed by atoms with E-state index in [0.29, 0.717) is 13.2 Å². The van der Waals surface area contributed by atoms with Crippen molar-refractivity contribution in [2.24, 2.45) is 5.92 Å². The maximum Gasteiger partial charge on any atom is 0.296 e. The summed E-state index contributed by atoms with van der Waals surface area (Å²) in [5.74, 6) is 0.00668. The molecule has 1 aliphatic rings. The number of hydrogen-bond donors (Lipinski definition) is 0. The summed E-state index contributed by atoms with van der Waals surface area (Å²) in [7, 11) is -3.87. The Hall–Kier alpha value is -0.990. The van der Waals surface area contributed by atoms with Crippen molar-refractivity contribution in [3.05, 3.63) is 29.8 Å². The molecule has 7 heteroatoms. The summed E-state index contributed by atoms with van der Waals surface area (Å²) in [6.45, 7) is 11.2. The number of aryl methyl sites for hydroxylation is 1. The molecule has 442 valence electrons. The summed E-state index contributed by atoms with van der Waals surface area (Å²) in [6.07, 6.45) is 66.0. The van der Waals surface area contributed by atoms with E-state index < -0.39 is 10.1 Å². The van der Waals surface area contributed by atoms with Gasteiger partial charge in [-0.05, 0) is 57.1 Å². The fourth-order valence-electron chi connectivity index (χ4n) is 11.5. The van der Waals surface area contributed by atoms with E-state index in [1.807, 2.05) is 19.1 Å². The minimum absolute atomic E-state index is 0.00668. The first-order chi connectivity index (χ1) is 36.9. The van der Waals surface area contributed by atoms with Crippen LogP contribution >= 0.6 is 0 Å². The molecule has 2 unspecified atom stereocenters. The van der Waals surface area contributed by atoms with Crippen molar-refractivity contribution in [1.82, 2.24) is 0 Å². The minimum Gasteiger partial charge on any atom is -0.375 e. The largest absolute Gasteiger partial charge is 0.375 e. The Bertz CT molecular complexity index is 1370. The van der Waals surface area contributed by atoms with Crippen molar-refractivity contribution >= 4 is 10.1 Å². The number of hydrogen-bond acceptors (Lipinski definition) is 6. The molecule has 0 heterocycles. The van der Waals surface area contributed by atoms with Crippen LogP contribution in [0, 0.1) is 12.8 Å². The van der Waals surface area contributed by atoms with Gasteiger partial charge in [0.1, 0.15) is 6.10 Å². The van der Waals surface area contributed by atoms with Gasteiger partial charge >= 0.3 is 0 Å². The molecule has 0 amide bonds. The monoisotopic (exact) mass is 1070 g/mol. The highest BCUT2D eigenvalue weighted by molar-refractivity contribution is 7.86. The number of ether oxygens (including phenoxy) is 3. The van der Waals surface area contributed by atoms with Gasteiger partial charge in [-0.2, -0.15) is 8.42 Å². The predicted octanol–water partition coefficient (Wildman–Crippen LogP) is 22.1. The van der Waals surface area contributed by atoms with Crippen LogP contribution in [0.15, 0.2) is 29.2 Å². The van der Waals surface area contributed by atoms with Crippen LogP contribution in [0.5, 0.6) is 0 Å². The Morgan fingerprint density at radius 2 is 0.587 bits per heavy atom. The molecule has 2 rings (SSSR count). The van der Waals surface area contributed by atoms with E-state index in [1.165, 1.54) is 289 Å². The number of benzene rings is 1. The molecule has 1 fully saturated rings. The quantitative estimate of drug-likeness (QED) is 0.0478. The zero-order chi connectivity index (χ0) is 53.8. The van der Waals surface area contributed by atoms with Gasteiger partial charge in [-0.25, -0.2) is 0 Å². The maximum atomic E-state index is 13.4. The van der Waals surface area contributed by atoms with Crippen molar-refractivity contribution in [3.8, 4) is 0 Å². The SMILES string of the molecule is CCCCCCCCCCCCCCCCCCOC1CC(COS(=O)(=O)c2ccc(C)cc2)CC(OCCCCCCCCCCCCCCCCCC)C1OCCCCCCCCCCCCCCCCCC. The fourth-order valence-corrected chi connectivity index (χ4v) is 12.5. The van der Waals surface area contributed by atoms with Crippen LogP contribution in [-0.2, 0) is 28.5 Å². The Morgan fingerprint density at radius 3 is 0.853 bits per heavy atom. The molecule has 0 N–H and O–H groups in total. The van der Waals surface area contributed by atoms with Gasteiger partial charge in [0.2, 0.25) is 0 Å². The molecule has 1 aromatic carbocycles. The second-order valence-corrected chi connectivity index (χ2v) is 25.6. The van der Waals surface area contributed by atoms with E-state index in [-0.39, 0.29) is 35.7 Å². The third-order valence-corrected chi connectivity index (χ3v) is 17.9. The van der Waals surface area contributed by atoms with Gasteiger partial charge in [0.15, 0.2) is 0 Å². The van der Waals surface area contributed by atoms with Gasteiger partial charge in [-0.1, -0.05) is 327 Å². The van der Waals surface area contributed by atoms with Crippen molar-refractivity contribution in [2.75, 3.05) is 26.4 Å². The van der Waals surface area contributed by atoms with Crippen LogP contribution in [0.25, 0.3) is 0 Å². The lowest BCUT2D eigenvalue weighted by molar-refractivity contribution is -0.172. The third-order valence-electron chi connectivity index (χ3n) is 16.6. The van der Waals surface area contributed by atoms with E-state index in [1.54, 1.807) is 12.1 Å². The first-order valence-corrected chi connectivity index (χ1v) is 35.1. The first kappa shape index (κ1) is 70.1. The lowest BCUT2D eigenvalue weighted by atomic mass is 9.83. The van der Waals surface area contributed by atoms with E-state index in [9.17, 15) is 8.42 Å². The van der Waals surface area contributed by atoms with Crippen molar-refractivity contribution in [2.45, 2.75) is 372 Å². The van der Waals surface area contributed by atoms with Gasteiger partial charge in [-0.3, -0.25) is 4.18 Å². The van der Waals surface area contributed by atoms with Crippen LogP contribution < -0.4 is 0 Å². The second-order valence-electron chi connectivity index (χ2n) is 24.0. The van der Waals surface area contributed by atoms with E-state index in [4.69, 9.17) is 18.4 Å². The van der Waals surface area contributed by atoms with Crippen LogP contribution in [0.2, 0.25) is 0 Å². The van der Waals surface area contributed by atoms with Gasteiger partial charge < -0.3 is 14.2 Å². The molecule has 0 aliphatic heterocycles. The fraction of sp³-hybridized carbons (Fsp3) is 0.912.